The normalized spacial score (nSPS) is 19.6. The molecule has 27 heavy (non-hydrogen) atoms. The fourth-order valence-electron chi connectivity index (χ4n) is 3.95. The van der Waals surface area contributed by atoms with Gasteiger partial charge in [0.2, 0.25) is 10.0 Å². The molecule has 2 aromatic rings. The second-order valence-corrected chi connectivity index (χ2v) is 9.13. The summed E-state index contributed by atoms with van der Waals surface area (Å²) in [5.41, 5.74) is 0. The van der Waals surface area contributed by atoms with Crippen LogP contribution in [-0.2, 0) is 23.0 Å². The van der Waals surface area contributed by atoms with Crippen LogP contribution in [0.15, 0.2) is 23.1 Å². The summed E-state index contributed by atoms with van der Waals surface area (Å²) in [6, 6.07) is 2.70. The van der Waals surface area contributed by atoms with E-state index in [1.165, 1.54) is 10.7 Å². The van der Waals surface area contributed by atoms with Crippen LogP contribution in [0.5, 0.6) is 0 Å². The van der Waals surface area contributed by atoms with Crippen LogP contribution in [0.1, 0.15) is 49.7 Å². The Balaban J connectivity index is 1.49. The Hall–Kier alpha value is -1.87. The van der Waals surface area contributed by atoms with Crippen LogP contribution < -0.4 is 0 Å². The van der Waals surface area contributed by atoms with Gasteiger partial charge in [0.15, 0.2) is 11.6 Å². The maximum Gasteiger partial charge on any atom is 0.243 e. The van der Waals surface area contributed by atoms with Crippen LogP contribution in [0.25, 0.3) is 0 Å². The van der Waals surface area contributed by atoms with Gasteiger partial charge in [-0.1, -0.05) is 6.42 Å². The van der Waals surface area contributed by atoms with Crippen LogP contribution in [-0.4, -0.2) is 40.6 Å². The first kappa shape index (κ1) is 18.5. The molecule has 0 saturated carbocycles. The number of hydrogen-bond acceptors (Lipinski definition) is 4. The minimum absolute atomic E-state index is 0.167. The molecule has 2 aliphatic heterocycles. The Morgan fingerprint density at radius 3 is 2.48 bits per heavy atom. The number of rotatable bonds is 3. The quantitative estimate of drug-likeness (QED) is 0.800. The SMILES string of the molecule is O=S(=O)(c1ccc(F)c(F)c1)N1CCC(c2nnc3n2CCCCC3)CC1. The minimum atomic E-state index is -3.83. The van der Waals surface area contributed by atoms with Gasteiger partial charge in [-0.3, -0.25) is 0 Å². The molecule has 0 unspecified atom stereocenters. The van der Waals surface area contributed by atoms with E-state index >= 15 is 0 Å². The highest BCUT2D eigenvalue weighted by atomic mass is 32.2. The first-order valence-electron chi connectivity index (χ1n) is 9.34. The van der Waals surface area contributed by atoms with Crippen molar-refractivity contribution < 1.29 is 17.2 Å². The summed E-state index contributed by atoms with van der Waals surface area (Å²) in [6.45, 7) is 1.58. The zero-order valence-electron chi connectivity index (χ0n) is 14.9. The standard InChI is InChI=1S/C18H22F2N4O2S/c19-15-6-5-14(12-16(15)20)27(25,26)23-10-7-13(8-11-23)18-22-21-17-4-2-1-3-9-24(17)18/h5-6,12-13H,1-4,7-11H2. The van der Waals surface area contributed by atoms with Crippen molar-refractivity contribution in [1.29, 1.82) is 0 Å². The zero-order chi connectivity index (χ0) is 19.0. The van der Waals surface area contributed by atoms with Crippen LogP contribution >= 0.6 is 0 Å². The molecular weight excluding hydrogens is 374 g/mol. The molecule has 4 rings (SSSR count). The van der Waals surface area contributed by atoms with Crippen molar-refractivity contribution in [3.8, 4) is 0 Å². The highest BCUT2D eigenvalue weighted by molar-refractivity contribution is 7.89. The zero-order valence-corrected chi connectivity index (χ0v) is 15.8. The number of halogens is 2. The lowest BCUT2D eigenvalue weighted by molar-refractivity contribution is 0.308. The van der Waals surface area contributed by atoms with Gasteiger partial charge in [-0.15, -0.1) is 10.2 Å². The van der Waals surface area contributed by atoms with Gasteiger partial charge in [-0.05, 0) is 43.9 Å². The summed E-state index contributed by atoms with van der Waals surface area (Å²) in [5.74, 6) is -0.0610. The molecule has 0 aliphatic carbocycles. The maximum atomic E-state index is 13.4. The number of benzene rings is 1. The van der Waals surface area contributed by atoms with E-state index < -0.39 is 21.7 Å². The van der Waals surface area contributed by atoms with Gasteiger partial charge in [-0.25, -0.2) is 17.2 Å². The van der Waals surface area contributed by atoms with E-state index in [4.69, 9.17) is 0 Å². The average Bonchev–Trinajstić information content (AvgIpc) is 2.92. The Morgan fingerprint density at radius 1 is 0.963 bits per heavy atom. The lowest BCUT2D eigenvalue weighted by atomic mass is 9.97. The summed E-state index contributed by atoms with van der Waals surface area (Å²) in [5, 5.41) is 8.71. The average molecular weight is 396 g/mol. The van der Waals surface area contributed by atoms with Crippen molar-refractivity contribution in [1.82, 2.24) is 19.1 Å². The van der Waals surface area contributed by atoms with Crippen molar-refractivity contribution in [3.63, 3.8) is 0 Å². The first-order valence-corrected chi connectivity index (χ1v) is 10.8. The smallest absolute Gasteiger partial charge is 0.243 e. The topological polar surface area (TPSA) is 68.1 Å². The van der Waals surface area contributed by atoms with Gasteiger partial charge in [0.05, 0.1) is 4.90 Å². The maximum absolute atomic E-state index is 13.4. The first-order chi connectivity index (χ1) is 13.0. The third-order valence-electron chi connectivity index (χ3n) is 5.49. The van der Waals surface area contributed by atoms with Crippen LogP contribution in [0.4, 0.5) is 8.78 Å². The van der Waals surface area contributed by atoms with Crippen LogP contribution in [0, 0.1) is 11.6 Å². The molecule has 1 aromatic carbocycles. The molecule has 0 bridgehead atoms. The van der Waals surface area contributed by atoms with Gasteiger partial charge in [0.25, 0.3) is 0 Å². The van der Waals surface area contributed by atoms with E-state index in [0.29, 0.717) is 25.9 Å². The molecule has 3 heterocycles. The lowest BCUT2D eigenvalue weighted by Crippen LogP contribution is -2.38. The van der Waals surface area contributed by atoms with E-state index in [-0.39, 0.29) is 10.8 Å². The number of aryl methyl sites for hydroxylation is 1. The highest BCUT2D eigenvalue weighted by Crippen LogP contribution is 2.31. The molecule has 2 aliphatic rings. The summed E-state index contributed by atoms with van der Waals surface area (Å²) >= 11 is 0. The predicted molar refractivity (Wildman–Crippen MR) is 94.7 cm³/mol. The molecule has 1 aromatic heterocycles. The number of nitrogens with zero attached hydrogens (tertiary/aromatic N) is 4. The summed E-state index contributed by atoms with van der Waals surface area (Å²) in [7, 11) is -3.83. The van der Waals surface area contributed by atoms with Crippen LogP contribution in [0.2, 0.25) is 0 Å². The number of fused-ring (bicyclic) bond motifs is 1. The number of sulfonamides is 1. The van der Waals surface area contributed by atoms with E-state index in [2.05, 4.69) is 14.8 Å². The predicted octanol–water partition coefficient (Wildman–Crippen LogP) is 2.85. The monoisotopic (exact) mass is 396 g/mol. The fraction of sp³-hybridized carbons (Fsp3) is 0.556. The Labute approximate surface area is 157 Å². The second kappa shape index (κ2) is 7.27. The molecule has 1 fully saturated rings. The Morgan fingerprint density at radius 2 is 1.74 bits per heavy atom. The van der Waals surface area contributed by atoms with Crippen molar-refractivity contribution in [2.24, 2.45) is 0 Å². The number of aromatic nitrogens is 3. The molecule has 6 nitrogen and oxygen atoms in total. The fourth-order valence-corrected chi connectivity index (χ4v) is 5.43. The number of hydrogen-bond donors (Lipinski definition) is 0. The largest absolute Gasteiger partial charge is 0.315 e. The van der Waals surface area contributed by atoms with Crippen LogP contribution in [0.3, 0.4) is 0 Å². The molecule has 0 spiro atoms. The Bertz CT molecular complexity index is 937. The highest BCUT2D eigenvalue weighted by Gasteiger charge is 2.33. The molecule has 146 valence electrons. The second-order valence-electron chi connectivity index (χ2n) is 7.19. The van der Waals surface area contributed by atoms with Gasteiger partial charge in [-0.2, -0.15) is 4.31 Å². The molecule has 0 amide bonds. The molecular formula is C18H22F2N4O2S. The Kier molecular flexibility index (Phi) is 4.98. The molecule has 0 atom stereocenters. The molecule has 0 N–H and O–H groups in total. The van der Waals surface area contributed by atoms with E-state index in [0.717, 1.165) is 55.7 Å². The summed E-state index contributed by atoms with van der Waals surface area (Å²) in [6.07, 6.45) is 5.65. The lowest BCUT2D eigenvalue weighted by Gasteiger charge is -2.31. The van der Waals surface area contributed by atoms with Gasteiger partial charge in [0, 0.05) is 32.0 Å². The van der Waals surface area contributed by atoms with Crippen molar-refractivity contribution in [3.05, 3.63) is 41.5 Å². The van der Waals surface area contributed by atoms with Gasteiger partial charge < -0.3 is 4.57 Å². The third-order valence-corrected chi connectivity index (χ3v) is 7.38. The minimum Gasteiger partial charge on any atom is -0.315 e. The molecule has 1 saturated heterocycles. The number of piperidine rings is 1. The van der Waals surface area contributed by atoms with Gasteiger partial charge in [0.1, 0.15) is 11.6 Å². The van der Waals surface area contributed by atoms with Crippen molar-refractivity contribution in [2.45, 2.75) is 55.9 Å². The van der Waals surface area contributed by atoms with Crippen molar-refractivity contribution in [2.75, 3.05) is 13.1 Å². The summed E-state index contributed by atoms with van der Waals surface area (Å²) in [4.78, 5) is -0.212. The van der Waals surface area contributed by atoms with Gasteiger partial charge >= 0.3 is 0 Å². The van der Waals surface area contributed by atoms with E-state index in [9.17, 15) is 17.2 Å². The van der Waals surface area contributed by atoms with E-state index in [1.807, 2.05) is 0 Å². The van der Waals surface area contributed by atoms with E-state index in [1.54, 1.807) is 0 Å². The molecule has 0 radical (unpaired) electrons. The summed E-state index contributed by atoms with van der Waals surface area (Å²) < 4.78 is 55.5. The third kappa shape index (κ3) is 3.50. The van der Waals surface area contributed by atoms with Crippen molar-refractivity contribution >= 4 is 10.0 Å². The molecule has 9 heteroatoms.